The van der Waals surface area contributed by atoms with E-state index in [9.17, 15) is 19.2 Å². The second-order valence-electron chi connectivity index (χ2n) is 6.95. The highest BCUT2D eigenvalue weighted by Crippen LogP contribution is 2.29. The van der Waals surface area contributed by atoms with Crippen molar-refractivity contribution in [2.45, 2.75) is 6.92 Å². The van der Waals surface area contributed by atoms with Crippen LogP contribution in [0.15, 0.2) is 64.6 Å². The molecule has 160 valence electrons. The van der Waals surface area contributed by atoms with Crippen LogP contribution in [0.5, 0.6) is 0 Å². The van der Waals surface area contributed by atoms with E-state index in [1.54, 1.807) is 37.3 Å². The number of carboxylic acids is 1. The molecule has 32 heavy (non-hydrogen) atoms. The molecule has 9 heteroatoms. The summed E-state index contributed by atoms with van der Waals surface area (Å²) in [5.41, 5.74) is 1.25. The van der Waals surface area contributed by atoms with Crippen LogP contribution in [-0.2, 0) is 9.59 Å². The number of aromatic carboxylic acids is 1. The van der Waals surface area contributed by atoms with Crippen LogP contribution in [0.1, 0.15) is 21.7 Å². The Kier molecular flexibility index (Phi) is 5.38. The van der Waals surface area contributed by atoms with E-state index < -0.39 is 23.8 Å². The number of carboxylic acid groups (broad SMARTS) is 1. The maximum atomic E-state index is 13.0. The molecule has 0 unspecified atom stereocenters. The SMILES string of the molecule is Cc1ccccc1N1C(=O)NC(=O)C(=Cc2ccc(-c3ccc(C(=O)O)c(Cl)c3)o2)C1=O. The van der Waals surface area contributed by atoms with Gasteiger partial charge in [-0.05, 0) is 48.9 Å². The van der Waals surface area contributed by atoms with Gasteiger partial charge in [-0.2, -0.15) is 0 Å². The third kappa shape index (κ3) is 3.79. The summed E-state index contributed by atoms with van der Waals surface area (Å²) in [6.45, 7) is 1.75. The van der Waals surface area contributed by atoms with Gasteiger partial charge in [0, 0.05) is 5.56 Å². The highest BCUT2D eigenvalue weighted by Gasteiger charge is 2.37. The average molecular weight is 451 g/mol. The highest BCUT2D eigenvalue weighted by molar-refractivity contribution is 6.39. The monoisotopic (exact) mass is 450 g/mol. The molecule has 2 heterocycles. The number of barbiturate groups is 1. The number of carbonyl (C=O) groups is 4. The van der Waals surface area contributed by atoms with E-state index in [2.05, 4.69) is 5.32 Å². The number of benzene rings is 2. The summed E-state index contributed by atoms with van der Waals surface area (Å²) in [5.74, 6) is -2.22. The van der Waals surface area contributed by atoms with Crippen LogP contribution >= 0.6 is 11.6 Å². The molecule has 3 aromatic rings. The lowest BCUT2D eigenvalue weighted by molar-refractivity contribution is -0.122. The zero-order valence-corrected chi connectivity index (χ0v) is 17.3. The molecule has 2 N–H and O–H groups in total. The van der Waals surface area contributed by atoms with E-state index >= 15 is 0 Å². The van der Waals surface area contributed by atoms with Crippen LogP contribution in [0.3, 0.4) is 0 Å². The Balaban J connectivity index is 1.67. The van der Waals surface area contributed by atoms with Gasteiger partial charge in [0.1, 0.15) is 17.1 Å². The lowest BCUT2D eigenvalue weighted by Gasteiger charge is -2.27. The predicted octanol–water partition coefficient (Wildman–Crippen LogP) is 4.27. The van der Waals surface area contributed by atoms with Crippen molar-refractivity contribution in [3.8, 4) is 11.3 Å². The maximum Gasteiger partial charge on any atom is 0.337 e. The number of halogens is 1. The van der Waals surface area contributed by atoms with Gasteiger partial charge in [-0.1, -0.05) is 35.9 Å². The Morgan fingerprint density at radius 1 is 1.09 bits per heavy atom. The predicted molar refractivity (Wildman–Crippen MR) is 116 cm³/mol. The number of furan rings is 1. The lowest BCUT2D eigenvalue weighted by atomic mass is 10.1. The van der Waals surface area contributed by atoms with Gasteiger partial charge < -0.3 is 9.52 Å². The summed E-state index contributed by atoms with van der Waals surface area (Å²) < 4.78 is 5.70. The molecule has 1 aliphatic heterocycles. The van der Waals surface area contributed by atoms with Crippen molar-refractivity contribution in [3.63, 3.8) is 0 Å². The van der Waals surface area contributed by atoms with Crippen molar-refractivity contribution in [2.24, 2.45) is 0 Å². The third-order valence-electron chi connectivity index (χ3n) is 4.86. The Labute approximate surface area is 186 Å². The van der Waals surface area contributed by atoms with Gasteiger partial charge in [-0.3, -0.25) is 14.9 Å². The molecule has 1 saturated heterocycles. The summed E-state index contributed by atoms with van der Waals surface area (Å²) >= 11 is 6.01. The molecule has 0 saturated carbocycles. The van der Waals surface area contributed by atoms with Gasteiger partial charge in [-0.15, -0.1) is 0 Å². The van der Waals surface area contributed by atoms with Crippen LogP contribution in [0.4, 0.5) is 10.5 Å². The fourth-order valence-electron chi connectivity index (χ4n) is 3.26. The fraction of sp³-hybridized carbons (Fsp3) is 0.0435. The van der Waals surface area contributed by atoms with Gasteiger partial charge in [0.25, 0.3) is 11.8 Å². The third-order valence-corrected chi connectivity index (χ3v) is 5.17. The van der Waals surface area contributed by atoms with Gasteiger partial charge >= 0.3 is 12.0 Å². The number of nitrogens with zero attached hydrogens (tertiary/aromatic N) is 1. The number of nitrogens with one attached hydrogen (secondary N) is 1. The Hall–Kier alpha value is -4.17. The van der Waals surface area contributed by atoms with Crippen LogP contribution in [-0.4, -0.2) is 28.9 Å². The number of hydrogen-bond acceptors (Lipinski definition) is 5. The number of imide groups is 2. The molecule has 0 bridgehead atoms. The van der Waals surface area contributed by atoms with Gasteiger partial charge in [0.15, 0.2) is 0 Å². The number of aryl methyl sites for hydroxylation is 1. The number of carbonyl (C=O) groups excluding carboxylic acids is 3. The summed E-state index contributed by atoms with van der Waals surface area (Å²) in [4.78, 5) is 49.7. The van der Waals surface area contributed by atoms with Gasteiger partial charge in [0.05, 0.1) is 16.3 Å². The standard InChI is InChI=1S/C23H15ClN2O6/c1-12-4-2-3-5-18(12)26-21(28)16(20(27)25-23(26)31)11-14-7-9-19(32-14)13-6-8-15(22(29)30)17(24)10-13/h2-11H,1H3,(H,29,30)(H,25,27,31). The molecule has 8 nitrogen and oxygen atoms in total. The van der Waals surface area contributed by atoms with Gasteiger partial charge in [0.2, 0.25) is 0 Å². The molecule has 1 aliphatic rings. The Morgan fingerprint density at radius 2 is 1.84 bits per heavy atom. The van der Waals surface area contributed by atoms with Crippen molar-refractivity contribution < 1.29 is 28.7 Å². The molecule has 4 rings (SSSR count). The maximum absolute atomic E-state index is 13.0. The van der Waals surface area contributed by atoms with Gasteiger partial charge in [-0.25, -0.2) is 14.5 Å². The number of hydrogen-bond donors (Lipinski definition) is 2. The number of anilines is 1. The molecule has 0 spiro atoms. The number of rotatable bonds is 4. The number of urea groups is 1. The van der Waals surface area contributed by atoms with E-state index in [0.29, 0.717) is 22.6 Å². The van der Waals surface area contributed by atoms with Crippen LogP contribution in [0.2, 0.25) is 5.02 Å². The molecule has 2 aromatic carbocycles. The van der Waals surface area contributed by atoms with Crippen LogP contribution in [0.25, 0.3) is 17.4 Å². The summed E-state index contributed by atoms with van der Waals surface area (Å²) in [7, 11) is 0. The first kappa shape index (κ1) is 21.1. The topological polar surface area (TPSA) is 117 Å². The van der Waals surface area contributed by atoms with E-state index in [1.165, 1.54) is 30.3 Å². The minimum Gasteiger partial charge on any atom is -0.478 e. The molecule has 1 aromatic heterocycles. The highest BCUT2D eigenvalue weighted by atomic mass is 35.5. The zero-order chi connectivity index (χ0) is 23.0. The van der Waals surface area contributed by atoms with E-state index in [4.69, 9.17) is 21.1 Å². The Morgan fingerprint density at radius 3 is 2.53 bits per heavy atom. The van der Waals surface area contributed by atoms with E-state index in [0.717, 1.165) is 4.90 Å². The number of para-hydroxylation sites is 1. The smallest absolute Gasteiger partial charge is 0.337 e. The van der Waals surface area contributed by atoms with E-state index in [1.807, 2.05) is 0 Å². The molecule has 1 fully saturated rings. The molecular formula is C23H15ClN2O6. The average Bonchev–Trinajstić information content (AvgIpc) is 3.21. The first-order chi connectivity index (χ1) is 15.3. The largest absolute Gasteiger partial charge is 0.478 e. The second kappa shape index (κ2) is 8.16. The fourth-order valence-corrected chi connectivity index (χ4v) is 3.52. The molecular weight excluding hydrogens is 436 g/mol. The minimum atomic E-state index is -1.15. The Bertz CT molecular complexity index is 1320. The zero-order valence-electron chi connectivity index (χ0n) is 16.6. The minimum absolute atomic E-state index is 0.0422. The first-order valence-corrected chi connectivity index (χ1v) is 9.74. The quantitative estimate of drug-likeness (QED) is 0.452. The first-order valence-electron chi connectivity index (χ1n) is 9.36. The van der Waals surface area contributed by atoms with Crippen LogP contribution < -0.4 is 10.2 Å². The van der Waals surface area contributed by atoms with Crippen molar-refractivity contribution in [1.82, 2.24) is 5.32 Å². The molecule has 0 atom stereocenters. The summed E-state index contributed by atoms with van der Waals surface area (Å²) in [6, 6.07) is 13.4. The van der Waals surface area contributed by atoms with Crippen molar-refractivity contribution in [2.75, 3.05) is 4.90 Å². The van der Waals surface area contributed by atoms with Crippen LogP contribution in [0, 0.1) is 6.92 Å². The van der Waals surface area contributed by atoms with Crippen molar-refractivity contribution in [1.29, 1.82) is 0 Å². The van der Waals surface area contributed by atoms with Crippen molar-refractivity contribution >= 4 is 47.2 Å². The molecule has 0 aliphatic carbocycles. The number of amides is 4. The lowest BCUT2D eigenvalue weighted by Crippen LogP contribution is -2.54. The summed E-state index contributed by atoms with van der Waals surface area (Å²) in [5, 5.41) is 11.3. The van der Waals surface area contributed by atoms with Crippen molar-refractivity contribution in [3.05, 3.63) is 82.1 Å². The normalized spacial score (nSPS) is 15.2. The molecule has 0 radical (unpaired) electrons. The second-order valence-corrected chi connectivity index (χ2v) is 7.35. The summed E-state index contributed by atoms with van der Waals surface area (Å²) in [6.07, 6.45) is 1.24. The van der Waals surface area contributed by atoms with E-state index in [-0.39, 0.29) is 21.9 Å². The molecule has 4 amide bonds.